The molecule has 0 saturated heterocycles. The number of hydrogen-bond acceptors (Lipinski definition) is 2. The van der Waals surface area contributed by atoms with E-state index in [1.807, 2.05) is 0 Å². The number of nitrogens with zero attached hydrogens (tertiary/aromatic N) is 1. The van der Waals surface area contributed by atoms with Crippen LogP contribution < -0.4 is 0 Å². The highest BCUT2D eigenvalue weighted by molar-refractivity contribution is 5.06. The van der Waals surface area contributed by atoms with Gasteiger partial charge in [0.1, 0.15) is 6.61 Å². The van der Waals surface area contributed by atoms with E-state index in [2.05, 4.69) is 4.98 Å². The highest BCUT2D eigenvalue weighted by Gasteiger charge is 2.20. The second kappa shape index (κ2) is 4.28. The Morgan fingerprint density at radius 3 is 2.85 bits per heavy atom. The molecule has 0 bridgehead atoms. The highest BCUT2D eigenvalue weighted by atomic mass is 19.3. The Kier molecular flexibility index (Phi) is 3.31. The molecule has 0 amide bonds. The summed E-state index contributed by atoms with van der Waals surface area (Å²) in [6.45, 7) is 0.454. The summed E-state index contributed by atoms with van der Waals surface area (Å²) in [6.07, 6.45) is 3.21. The van der Waals surface area contributed by atoms with E-state index in [4.69, 9.17) is 4.74 Å². The molecule has 1 rings (SSSR count). The van der Waals surface area contributed by atoms with Crippen molar-refractivity contribution in [1.29, 1.82) is 0 Å². The van der Waals surface area contributed by atoms with Crippen molar-refractivity contribution in [3.05, 3.63) is 30.1 Å². The van der Waals surface area contributed by atoms with Gasteiger partial charge in [-0.15, -0.1) is 0 Å². The number of aromatic nitrogens is 1. The Hall–Kier alpha value is -1.03. The number of halogens is 2. The van der Waals surface area contributed by atoms with Gasteiger partial charge < -0.3 is 4.74 Å². The molecule has 2 nitrogen and oxygen atoms in total. The third-order valence-electron chi connectivity index (χ3n) is 1.35. The molecule has 0 aromatic carbocycles. The van der Waals surface area contributed by atoms with Gasteiger partial charge in [-0.05, 0) is 11.6 Å². The summed E-state index contributed by atoms with van der Waals surface area (Å²) in [7, 11) is 0. The number of rotatable bonds is 4. The maximum Gasteiger partial charge on any atom is 0.268 e. The van der Waals surface area contributed by atoms with Crippen molar-refractivity contribution >= 4 is 0 Å². The van der Waals surface area contributed by atoms with Crippen LogP contribution in [-0.2, 0) is 11.3 Å². The molecular formula is C9H11F2NO. The van der Waals surface area contributed by atoms with E-state index in [0.717, 1.165) is 12.5 Å². The molecule has 0 N–H and O–H groups in total. The summed E-state index contributed by atoms with van der Waals surface area (Å²) in [4.78, 5) is 3.83. The van der Waals surface area contributed by atoms with Crippen LogP contribution >= 0.6 is 0 Å². The van der Waals surface area contributed by atoms with Crippen molar-refractivity contribution in [2.45, 2.75) is 19.5 Å². The summed E-state index contributed by atoms with van der Waals surface area (Å²) < 4.78 is 29.4. The molecule has 0 saturated carbocycles. The molecule has 72 valence electrons. The first-order chi connectivity index (χ1) is 6.08. The van der Waals surface area contributed by atoms with Crippen LogP contribution in [0, 0.1) is 0 Å². The zero-order valence-corrected chi connectivity index (χ0v) is 7.34. The minimum atomic E-state index is -2.76. The SMILES string of the molecule is CC(F)(F)COCc1cccnc1. The molecule has 0 aliphatic carbocycles. The van der Waals surface area contributed by atoms with Crippen LogP contribution in [-0.4, -0.2) is 17.5 Å². The predicted octanol–water partition coefficient (Wildman–Crippen LogP) is 2.25. The molecule has 4 heteroatoms. The second-order valence-corrected chi connectivity index (χ2v) is 2.92. The molecule has 1 aromatic heterocycles. The topological polar surface area (TPSA) is 22.1 Å². The van der Waals surface area contributed by atoms with Crippen molar-refractivity contribution in [1.82, 2.24) is 4.98 Å². The van der Waals surface area contributed by atoms with E-state index in [0.29, 0.717) is 0 Å². The van der Waals surface area contributed by atoms with Crippen molar-refractivity contribution in [3.8, 4) is 0 Å². The van der Waals surface area contributed by atoms with Gasteiger partial charge in [-0.1, -0.05) is 6.07 Å². The predicted molar refractivity (Wildman–Crippen MR) is 44.5 cm³/mol. The van der Waals surface area contributed by atoms with Crippen molar-refractivity contribution in [2.75, 3.05) is 6.61 Å². The standard InChI is InChI=1S/C9H11F2NO/c1-9(10,11)7-13-6-8-3-2-4-12-5-8/h2-5H,6-7H2,1H3. The Morgan fingerprint density at radius 1 is 1.54 bits per heavy atom. The third-order valence-corrected chi connectivity index (χ3v) is 1.35. The van der Waals surface area contributed by atoms with Crippen LogP contribution in [0.3, 0.4) is 0 Å². The van der Waals surface area contributed by atoms with Crippen molar-refractivity contribution < 1.29 is 13.5 Å². The van der Waals surface area contributed by atoms with Gasteiger partial charge in [0.25, 0.3) is 5.92 Å². The van der Waals surface area contributed by atoms with Gasteiger partial charge in [-0.3, -0.25) is 4.98 Å². The average Bonchev–Trinajstić information content (AvgIpc) is 2.04. The van der Waals surface area contributed by atoms with Gasteiger partial charge in [-0.2, -0.15) is 0 Å². The Morgan fingerprint density at radius 2 is 2.31 bits per heavy atom. The molecule has 0 radical (unpaired) electrons. The third kappa shape index (κ3) is 4.52. The molecule has 0 spiro atoms. The summed E-state index contributed by atoms with van der Waals surface area (Å²) in [5.74, 6) is -2.76. The summed E-state index contributed by atoms with van der Waals surface area (Å²) in [5, 5.41) is 0. The summed E-state index contributed by atoms with van der Waals surface area (Å²) in [5.41, 5.74) is 0.798. The molecule has 1 aromatic rings. The molecular weight excluding hydrogens is 176 g/mol. The number of hydrogen-bond donors (Lipinski definition) is 0. The van der Waals surface area contributed by atoms with Crippen molar-refractivity contribution in [3.63, 3.8) is 0 Å². The van der Waals surface area contributed by atoms with Gasteiger partial charge >= 0.3 is 0 Å². The fraction of sp³-hybridized carbons (Fsp3) is 0.444. The van der Waals surface area contributed by atoms with Gasteiger partial charge in [0.2, 0.25) is 0 Å². The van der Waals surface area contributed by atoms with Gasteiger partial charge in [0.15, 0.2) is 0 Å². The number of ether oxygens (including phenoxy) is 1. The van der Waals surface area contributed by atoms with Crippen LogP contribution in [0.15, 0.2) is 24.5 Å². The van der Waals surface area contributed by atoms with E-state index >= 15 is 0 Å². The lowest BCUT2D eigenvalue weighted by atomic mass is 10.3. The zero-order chi connectivity index (χ0) is 9.73. The first-order valence-corrected chi connectivity index (χ1v) is 3.92. The van der Waals surface area contributed by atoms with E-state index in [-0.39, 0.29) is 6.61 Å². The Bertz CT molecular complexity index is 246. The summed E-state index contributed by atoms with van der Waals surface area (Å²) in [6, 6.07) is 3.52. The van der Waals surface area contributed by atoms with E-state index < -0.39 is 12.5 Å². The fourth-order valence-corrected chi connectivity index (χ4v) is 0.832. The number of alkyl halides is 2. The average molecular weight is 187 g/mol. The van der Waals surface area contributed by atoms with Crippen LogP contribution in [0.2, 0.25) is 0 Å². The molecule has 0 aliphatic heterocycles. The Balaban J connectivity index is 2.29. The van der Waals surface area contributed by atoms with Crippen LogP contribution in [0.1, 0.15) is 12.5 Å². The number of pyridine rings is 1. The minimum absolute atomic E-state index is 0.178. The van der Waals surface area contributed by atoms with Gasteiger partial charge in [0, 0.05) is 19.3 Å². The van der Waals surface area contributed by atoms with Gasteiger partial charge in [-0.25, -0.2) is 8.78 Å². The molecule has 0 aliphatic rings. The lowest BCUT2D eigenvalue weighted by Crippen LogP contribution is -2.18. The van der Waals surface area contributed by atoms with Gasteiger partial charge in [0.05, 0.1) is 6.61 Å². The van der Waals surface area contributed by atoms with E-state index in [1.165, 1.54) is 0 Å². The van der Waals surface area contributed by atoms with Crippen molar-refractivity contribution in [2.24, 2.45) is 0 Å². The van der Waals surface area contributed by atoms with Crippen LogP contribution in [0.25, 0.3) is 0 Å². The second-order valence-electron chi connectivity index (χ2n) is 2.92. The lowest BCUT2D eigenvalue weighted by Gasteiger charge is -2.10. The Labute approximate surface area is 75.6 Å². The maximum absolute atomic E-state index is 12.3. The largest absolute Gasteiger partial charge is 0.370 e. The smallest absolute Gasteiger partial charge is 0.268 e. The quantitative estimate of drug-likeness (QED) is 0.721. The lowest BCUT2D eigenvalue weighted by molar-refractivity contribution is -0.0674. The molecule has 0 atom stereocenters. The minimum Gasteiger partial charge on any atom is -0.370 e. The summed E-state index contributed by atoms with van der Waals surface area (Å²) >= 11 is 0. The van der Waals surface area contributed by atoms with E-state index in [9.17, 15) is 8.78 Å². The van der Waals surface area contributed by atoms with Crippen LogP contribution in [0.5, 0.6) is 0 Å². The fourth-order valence-electron chi connectivity index (χ4n) is 0.832. The highest BCUT2D eigenvalue weighted by Crippen LogP contribution is 2.12. The molecule has 0 fully saturated rings. The normalized spacial score (nSPS) is 11.6. The molecule has 0 unspecified atom stereocenters. The first-order valence-electron chi connectivity index (χ1n) is 3.92. The monoisotopic (exact) mass is 187 g/mol. The first kappa shape index (κ1) is 10.1. The van der Waals surface area contributed by atoms with E-state index in [1.54, 1.807) is 24.5 Å². The maximum atomic E-state index is 12.3. The molecule has 13 heavy (non-hydrogen) atoms. The zero-order valence-electron chi connectivity index (χ0n) is 7.34. The van der Waals surface area contributed by atoms with Crippen LogP contribution in [0.4, 0.5) is 8.78 Å². The molecule has 1 heterocycles.